The van der Waals surface area contributed by atoms with Crippen molar-refractivity contribution in [3.8, 4) is 0 Å². The molecule has 0 spiro atoms. The maximum Gasteiger partial charge on any atom is 0.168 e. The molecular weight excluding hydrogens is 214 g/mol. The molecule has 2 aromatic heterocycles. The van der Waals surface area contributed by atoms with Crippen LogP contribution in [0.5, 0.6) is 0 Å². The Kier molecular flexibility index (Phi) is 2.02. The highest BCUT2D eigenvalue weighted by atomic mass is 15.3. The van der Waals surface area contributed by atoms with E-state index in [1.807, 2.05) is 7.05 Å². The van der Waals surface area contributed by atoms with Crippen LogP contribution in [0.15, 0.2) is 24.5 Å². The third kappa shape index (κ3) is 1.29. The summed E-state index contributed by atoms with van der Waals surface area (Å²) >= 11 is 0. The van der Waals surface area contributed by atoms with Crippen molar-refractivity contribution < 1.29 is 0 Å². The van der Waals surface area contributed by atoms with E-state index in [1.165, 1.54) is 11.9 Å². The van der Waals surface area contributed by atoms with E-state index in [4.69, 9.17) is 5.84 Å². The lowest BCUT2D eigenvalue weighted by Crippen LogP contribution is -2.10. The van der Waals surface area contributed by atoms with Gasteiger partial charge in [0.1, 0.15) is 17.4 Å². The Bertz CT molecular complexity index is 714. The zero-order valence-corrected chi connectivity index (χ0v) is 9.73. The lowest BCUT2D eigenvalue weighted by atomic mass is 10.1. The molecule has 0 fully saturated rings. The molecule has 0 atom stereocenters. The molecule has 5 heteroatoms. The van der Waals surface area contributed by atoms with Gasteiger partial charge in [0.25, 0.3) is 0 Å². The van der Waals surface area contributed by atoms with E-state index >= 15 is 0 Å². The molecule has 3 N–H and O–H groups in total. The van der Waals surface area contributed by atoms with E-state index in [1.54, 1.807) is 0 Å². The summed E-state index contributed by atoms with van der Waals surface area (Å²) in [5.41, 5.74) is 6.81. The molecule has 0 aliphatic rings. The molecule has 3 aromatic rings. The molecule has 2 heterocycles. The molecule has 0 bridgehead atoms. The third-order valence-corrected chi connectivity index (χ3v) is 3.06. The molecule has 5 nitrogen and oxygen atoms in total. The van der Waals surface area contributed by atoms with Gasteiger partial charge in [-0.05, 0) is 19.1 Å². The van der Waals surface area contributed by atoms with Gasteiger partial charge in [-0.15, -0.1) is 0 Å². The molecular formula is C12H13N5. The number of hydrogen-bond donors (Lipinski definition) is 2. The lowest BCUT2D eigenvalue weighted by molar-refractivity contribution is 1.00. The van der Waals surface area contributed by atoms with Gasteiger partial charge in [0.2, 0.25) is 0 Å². The van der Waals surface area contributed by atoms with Crippen LogP contribution in [0, 0.1) is 6.92 Å². The summed E-state index contributed by atoms with van der Waals surface area (Å²) in [7, 11) is 1.99. The highest BCUT2D eigenvalue weighted by Crippen LogP contribution is 2.29. The van der Waals surface area contributed by atoms with Gasteiger partial charge < -0.3 is 9.99 Å². The van der Waals surface area contributed by atoms with Crippen molar-refractivity contribution in [1.29, 1.82) is 0 Å². The molecule has 0 unspecified atom stereocenters. The first-order chi connectivity index (χ1) is 8.22. The molecule has 0 aliphatic heterocycles. The molecule has 0 saturated heterocycles. The molecule has 0 amide bonds. The Labute approximate surface area is 98.2 Å². The fraction of sp³-hybridized carbons (Fsp3) is 0.167. The number of rotatable bonds is 1. The van der Waals surface area contributed by atoms with E-state index in [-0.39, 0.29) is 0 Å². The highest BCUT2D eigenvalue weighted by molar-refractivity contribution is 6.08. The molecule has 86 valence electrons. The van der Waals surface area contributed by atoms with Gasteiger partial charge in [0.05, 0.1) is 5.52 Å². The number of nitrogen functional groups attached to an aromatic ring is 1. The van der Waals surface area contributed by atoms with Crippen molar-refractivity contribution in [3.63, 3.8) is 0 Å². The summed E-state index contributed by atoms with van der Waals surface area (Å²) in [4.78, 5) is 8.49. The van der Waals surface area contributed by atoms with Gasteiger partial charge in [-0.2, -0.15) is 0 Å². The molecule has 0 radical (unpaired) electrons. The number of hydrogen-bond acceptors (Lipinski definition) is 4. The van der Waals surface area contributed by atoms with E-state index in [0.717, 1.165) is 21.9 Å². The topological polar surface area (TPSA) is 68.8 Å². The molecule has 0 aliphatic carbocycles. The zero-order valence-electron chi connectivity index (χ0n) is 9.73. The maximum absolute atomic E-state index is 5.48. The predicted molar refractivity (Wildman–Crippen MR) is 68.6 cm³/mol. The van der Waals surface area contributed by atoms with Gasteiger partial charge in [-0.25, -0.2) is 15.8 Å². The van der Waals surface area contributed by atoms with Crippen LogP contribution in [0.2, 0.25) is 0 Å². The normalized spacial score (nSPS) is 11.2. The van der Waals surface area contributed by atoms with Crippen LogP contribution in [-0.4, -0.2) is 14.5 Å². The summed E-state index contributed by atoms with van der Waals surface area (Å²) in [6, 6.07) is 6.31. The van der Waals surface area contributed by atoms with Crippen LogP contribution < -0.4 is 11.3 Å². The number of nitrogens with zero attached hydrogens (tertiary/aromatic N) is 3. The van der Waals surface area contributed by atoms with Crippen molar-refractivity contribution in [2.24, 2.45) is 12.9 Å². The summed E-state index contributed by atoms with van der Waals surface area (Å²) < 4.78 is 2.05. The number of aromatic nitrogens is 3. The van der Waals surface area contributed by atoms with Gasteiger partial charge >= 0.3 is 0 Å². The second kappa shape index (κ2) is 3.43. The quantitative estimate of drug-likeness (QED) is 0.490. The van der Waals surface area contributed by atoms with E-state index in [2.05, 4.69) is 45.1 Å². The SMILES string of the molecule is Cc1ccc2c(c1)c1ncnc(NN)c1n2C. The number of aryl methyl sites for hydroxylation is 2. The fourth-order valence-corrected chi connectivity index (χ4v) is 2.25. The van der Waals surface area contributed by atoms with Gasteiger partial charge in [0, 0.05) is 12.4 Å². The Morgan fingerprint density at radius 1 is 1.29 bits per heavy atom. The van der Waals surface area contributed by atoms with E-state index < -0.39 is 0 Å². The largest absolute Gasteiger partial charge is 0.339 e. The minimum absolute atomic E-state index is 0.645. The van der Waals surface area contributed by atoms with Crippen LogP contribution in [0.3, 0.4) is 0 Å². The third-order valence-electron chi connectivity index (χ3n) is 3.06. The maximum atomic E-state index is 5.48. The first-order valence-corrected chi connectivity index (χ1v) is 5.38. The summed E-state index contributed by atoms with van der Waals surface area (Å²) in [6.45, 7) is 2.07. The van der Waals surface area contributed by atoms with Crippen LogP contribution in [0.25, 0.3) is 21.9 Å². The Balaban J connectivity index is 2.58. The van der Waals surface area contributed by atoms with Crippen molar-refractivity contribution in [1.82, 2.24) is 14.5 Å². The van der Waals surface area contributed by atoms with Crippen molar-refractivity contribution in [2.75, 3.05) is 5.43 Å². The van der Waals surface area contributed by atoms with Crippen LogP contribution in [0.4, 0.5) is 5.82 Å². The predicted octanol–water partition coefficient (Wildman–Crippen LogP) is 1.72. The fourth-order valence-electron chi connectivity index (χ4n) is 2.25. The Hall–Kier alpha value is -2.14. The van der Waals surface area contributed by atoms with Crippen molar-refractivity contribution in [3.05, 3.63) is 30.1 Å². The second-order valence-corrected chi connectivity index (χ2v) is 4.14. The smallest absolute Gasteiger partial charge is 0.168 e. The minimum Gasteiger partial charge on any atom is -0.339 e. The average molecular weight is 227 g/mol. The summed E-state index contributed by atoms with van der Waals surface area (Å²) in [5, 5.41) is 1.13. The highest BCUT2D eigenvalue weighted by Gasteiger charge is 2.13. The van der Waals surface area contributed by atoms with Gasteiger partial charge in [-0.3, -0.25) is 0 Å². The molecule has 3 rings (SSSR count). The van der Waals surface area contributed by atoms with E-state index in [0.29, 0.717) is 5.82 Å². The lowest BCUT2D eigenvalue weighted by Gasteiger charge is -2.02. The summed E-state index contributed by atoms with van der Waals surface area (Å²) in [5.74, 6) is 6.13. The average Bonchev–Trinajstić information content (AvgIpc) is 2.63. The van der Waals surface area contributed by atoms with Crippen LogP contribution in [0.1, 0.15) is 5.56 Å². The second-order valence-electron chi connectivity index (χ2n) is 4.14. The number of nitrogens with two attached hydrogens (primary N) is 1. The molecule has 1 aromatic carbocycles. The monoisotopic (exact) mass is 227 g/mol. The molecule has 17 heavy (non-hydrogen) atoms. The zero-order chi connectivity index (χ0) is 12.0. The standard InChI is InChI=1S/C12H13N5/c1-7-3-4-9-8(5-7)10-11(17(9)2)12(16-13)15-6-14-10/h3-6H,13H2,1-2H3,(H,14,15,16). The van der Waals surface area contributed by atoms with Crippen molar-refractivity contribution >= 4 is 27.8 Å². The van der Waals surface area contributed by atoms with E-state index in [9.17, 15) is 0 Å². The van der Waals surface area contributed by atoms with Crippen LogP contribution in [-0.2, 0) is 7.05 Å². The number of benzene rings is 1. The number of fused-ring (bicyclic) bond motifs is 3. The van der Waals surface area contributed by atoms with Crippen LogP contribution >= 0.6 is 0 Å². The van der Waals surface area contributed by atoms with Crippen molar-refractivity contribution in [2.45, 2.75) is 6.92 Å². The van der Waals surface area contributed by atoms with Gasteiger partial charge in [-0.1, -0.05) is 11.6 Å². The van der Waals surface area contributed by atoms with Gasteiger partial charge in [0.15, 0.2) is 5.82 Å². The Morgan fingerprint density at radius 3 is 2.88 bits per heavy atom. The first kappa shape index (κ1) is 10.0. The minimum atomic E-state index is 0.645. The number of anilines is 1. The Morgan fingerprint density at radius 2 is 2.12 bits per heavy atom. The summed E-state index contributed by atoms with van der Waals surface area (Å²) in [6.07, 6.45) is 1.53. The first-order valence-electron chi connectivity index (χ1n) is 5.38. The number of nitrogens with one attached hydrogen (secondary N) is 1. The number of hydrazine groups is 1. The molecule has 0 saturated carbocycles.